The van der Waals surface area contributed by atoms with E-state index in [2.05, 4.69) is 15.3 Å². The van der Waals surface area contributed by atoms with Crippen molar-refractivity contribution in [2.24, 2.45) is 0 Å². The number of hydrogen-bond acceptors (Lipinski definition) is 9. The molecule has 2 rings (SSSR count). The van der Waals surface area contributed by atoms with Crippen molar-refractivity contribution in [3.8, 4) is 5.82 Å². The van der Waals surface area contributed by atoms with Crippen LogP contribution in [0.15, 0.2) is 18.3 Å². The number of nitrogens with zero attached hydrogens (tertiary/aromatic N) is 5. The molecule has 2 aromatic heterocycles. The number of nitrogens with two attached hydrogens (primary N) is 1. The number of anilines is 2. The van der Waals surface area contributed by atoms with Gasteiger partial charge in [0.05, 0.1) is 26.0 Å². The minimum Gasteiger partial charge on any atom is -0.462 e. The number of aliphatic hydroxyl groups excluding tert-OH is 2. The van der Waals surface area contributed by atoms with Gasteiger partial charge in [0.15, 0.2) is 11.6 Å². The third-order valence-corrected chi connectivity index (χ3v) is 3.22. The van der Waals surface area contributed by atoms with Gasteiger partial charge in [0.2, 0.25) is 0 Å². The molecule has 0 radical (unpaired) electrons. The maximum atomic E-state index is 11.8. The smallest absolute Gasteiger partial charge is 0.343 e. The first kappa shape index (κ1) is 17.6. The first-order valence-corrected chi connectivity index (χ1v) is 7.43. The number of hydrogen-bond donors (Lipinski definition) is 3. The maximum Gasteiger partial charge on any atom is 0.343 e. The van der Waals surface area contributed by atoms with Gasteiger partial charge in [-0.1, -0.05) is 0 Å². The van der Waals surface area contributed by atoms with Gasteiger partial charge in [-0.15, -0.1) is 10.2 Å². The van der Waals surface area contributed by atoms with Gasteiger partial charge >= 0.3 is 5.97 Å². The fraction of sp³-hybridized carbons (Fsp3) is 0.429. The summed E-state index contributed by atoms with van der Waals surface area (Å²) in [4.78, 5) is 13.4. The van der Waals surface area contributed by atoms with Crippen LogP contribution in [0.4, 0.5) is 11.6 Å². The summed E-state index contributed by atoms with van der Waals surface area (Å²) in [5, 5.41) is 30.2. The molecule has 0 bridgehead atoms. The molecule has 0 aliphatic rings. The standard InChI is InChI=1S/C14H20N6O4/c1-2-24-14(23)10-9-16-20(13(10)15)12-4-3-11(17-18-12)19(5-7-21)6-8-22/h3-4,9,21-22H,2,5-8,15H2,1H3. The van der Waals surface area contributed by atoms with E-state index in [1.807, 2.05) is 0 Å². The first-order valence-electron chi connectivity index (χ1n) is 7.43. The highest BCUT2D eigenvalue weighted by Gasteiger charge is 2.18. The molecule has 130 valence electrons. The second kappa shape index (κ2) is 8.22. The highest BCUT2D eigenvalue weighted by molar-refractivity contribution is 5.94. The van der Waals surface area contributed by atoms with E-state index in [0.717, 1.165) is 0 Å². The molecule has 0 unspecified atom stereocenters. The summed E-state index contributed by atoms with van der Waals surface area (Å²) in [7, 11) is 0. The average Bonchev–Trinajstić information content (AvgIpc) is 2.97. The Balaban J connectivity index is 2.23. The highest BCUT2D eigenvalue weighted by Crippen LogP contribution is 2.17. The molecular weight excluding hydrogens is 316 g/mol. The van der Waals surface area contributed by atoms with Crippen LogP contribution in [0.5, 0.6) is 0 Å². The zero-order chi connectivity index (χ0) is 17.5. The molecule has 0 amide bonds. The average molecular weight is 336 g/mol. The van der Waals surface area contributed by atoms with Crippen LogP contribution in [0, 0.1) is 0 Å². The summed E-state index contributed by atoms with van der Waals surface area (Å²) in [5.74, 6) is 0.388. The van der Waals surface area contributed by atoms with Crippen LogP contribution in [-0.4, -0.2) is 69.1 Å². The topological polar surface area (TPSA) is 140 Å². The lowest BCUT2D eigenvalue weighted by molar-refractivity contribution is 0.0527. The number of carbonyl (C=O) groups is 1. The van der Waals surface area contributed by atoms with E-state index >= 15 is 0 Å². The largest absolute Gasteiger partial charge is 0.462 e. The van der Waals surface area contributed by atoms with Gasteiger partial charge in [-0.05, 0) is 19.1 Å². The summed E-state index contributed by atoms with van der Waals surface area (Å²) >= 11 is 0. The molecule has 10 heteroatoms. The van der Waals surface area contributed by atoms with Crippen LogP contribution in [0.2, 0.25) is 0 Å². The molecule has 0 aliphatic heterocycles. The van der Waals surface area contributed by atoms with Gasteiger partial charge in [0, 0.05) is 13.1 Å². The van der Waals surface area contributed by atoms with E-state index < -0.39 is 5.97 Å². The third-order valence-electron chi connectivity index (χ3n) is 3.22. The van der Waals surface area contributed by atoms with Crippen molar-refractivity contribution in [1.82, 2.24) is 20.0 Å². The number of rotatable bonds is 8. The molecule has 10 nitrogen and oxygen atoms in total. The number of ether oxygens (including phenoxy) is 1. The Morgan fingerprint density at radius 1 is 1.29 bits per heavy atom. The maximum absolute atomic E-state index is 11.8. The Bertz CT molecular complexity index is 666. The van der Waals surface area contributed by atoms with Crippen molar-refractivity contribution in [3.63, 3.8) is 0 Å². The SMILES string of the molecule is CCOC(=O)c1cnn(-c2ccc(N(CCO)CCO)nn2)c1N. The summed E-state index contributed by atoms with van der Waals surface area (Å²) < 4.78 is 6.18. The van der Waals surface area contributed by atoms with Gasteiger partial charge in [0.1, 0.15) is 11.4 Å². The molecule has 0 aliphatic carbocycles. The van der Waals surface area contributed by atoms with Crippen LogP contribution in [-0.2, 0) is 4.74 Å². The number of carbonyl (C=O) groups excluding carboxylic acids is 1. The van der Waals surface area contributed by atoms with Gasteiger partial charge in [-0.2, -0.15) is 9.78 Å². The van der Waals surface area contributed by atoms with Gasteiger partial charge in [-0.3, -0.25) is 0 Å². The van der Waals surface area contributed by atoms with E-state index in [4.69, 9.17) is 20.7 Å². The highest BCUT2D eigenvalue weighted by atomic mass is 16.5. The molecule has 0 saturated carbocycles. The van der Waals surface area contributed by atoms with E-state index in [-0.39, 0.29) is 31.2 Å². The van der Waals surface area contributed by atoms with E-state index in [1.54, 1.807) is 24.0 Å². The number of esters is 1. The molecule has 0 spiro atoms. The lowest BCUT2D eigenvalue weighted by Gasteiger charge is -2.20. The molecule has 2 heterocycles. The molecule has 4 N–H and O–H groups in total. The van der Waals surface area contributed by atoms with Gasteiger partial charge in [-0.25, -0.2) is 4.79 Å². The van der Waals surface area contributed by atoms with Crippen molar-refractivity contribution in [2.75, 3.05) is 43.5 Å². The van der Waals surface area contributed by atoms with E-state index in [9.17, 15) is 4.79 Å². The Morgan fingerprint density at radius 3 is 2.54 bits per heavy atom. The second-order valence-electron chi connectivity index (χ2n) is 4.76. The van der Waals surface area contributed by atoms with Gasteiger partial charge in [0.25, 0.3) is 0 Å². The molecule has 0 saturated heterocycles. The summed E-state index contributed by atoms with van der Waals surface area (Å²) in [5.41, 5.74) is 6.07. The van der Waals surface area contributed by atoms with Crippen molar-refractivity contribution in [2.45, 2.75) is 6.92 Å². The summed E-state index contributed by atoms with van der Waals surface area (Å²) in [6.45, 7) is 2.45. The Kier molecular flexibility index (Phi) is 6.04. The van der Waals surface area contributed by atoms with Crippen LogP contribution in [0.1, 0.15) is 17.3 Å². The van der Waals surface area contributed by atoms with Crippen molar-refractivity contribution in [1.29, 1.82) is 0 Å². The summed E-state index contributed by atoms with van der Waals surface area (Å²) in [6.07, 6.45) is 1.31. The zero-order valence-corrected chi connectivity index (χ0v) is 13.3. The minimum atomic E-state index is -0.553. The van der Waals surface area contributed by atoms with Crippen LogP contribution in [0.25, 0.3) is 5.82 Å². The molecule has 2 aromatic rings. The lowest BCUT2D eigenvalue weighted by Crippen LogP contribution is -2.30. The Hall–Kier alpha value is -2.72. The number of nitrogen functional groups attached to an aromatic ring is 1. The van der Waals surface area contributed by atoms with Crippen LogP contribution < -0.4 is 10.6 Å². The van der Waals surface area contributed by atoms with Crippen molar-refractivity contribution >= 4 is 17.6 Å². The third kappa shape index (κ3) is 3.78. The predicted octanol–water partition coefficient (Wildman–Crippen LogP) is -0.788. The quantitative estimate of drug-likeness (QED) is 0.529. The Morgan fingerprint density at radius 2 is 2.00 bits per heavy atom. The molecular formula is C14H20N6O4. The predicted molar refractivity (Wildman–Crippen MR) is 85.9 cm³/mol. The monoisotopic (exact) mass is 336 g/mol. The second-order valence-corrected chi connectivity index (χ2v) is 4.76. The van der Waals surface area contributed by atoms with Crippen molar-refractivity contribution in [3.05, 3.63) is 23.9 Å². The molecule has 0 fully saturated rings. The van der Waals surface area contributed by atoms with E-state index in [0.29, 0.717) is 24.7 Å². The normalized spacial score (nSPS) is 10.6. The van der Waals surface area contributed by atoms with Gasteiger partial charge < -0.3 is 25.6 Å². The van der Waals surface area contributed by atoms with Crippen LogP contribution >= 0.6 is 0 Å². The fourth-order valence-electron chi connectivity index (χ4n) is 2.09. The first-order chi connectivity index (χ1) is 11.6. The number of aliphatic hydroxyl groups is 2. The van der Waals surface area contributed by atoms with Crippen molar-refractivity contribution < 1.29 is 19.7 Å². The minimum absolute atomic E-state index is 0.0710. The molecule has 0 atom stereocenters. The lowest BCUT2D eigenvalue weighted by atomic mass is 10.3. The number of aromatic nitrogens is 4. The molecule has 0 aromatic carbocycles. The van der Waals surface area contributed by atoms with Crippen LogP contribution in [0.3, 0.4) is 0 Å². The summed E-state index contributed by atoms with van der Waals surface area (Å²) in [6, 6.07) is 3.29. The fourth-order valence-corrected chi connectivity index (χ4v) is 2.09. The molecule has 24 heavy (non-hydrogen) atoms. The van der Waals surface area contributed by atoms with E-state index in [1.165, 1.54) is 10.9 Å². The zero-order valence-electron chi connectivity index (χ0n) is 13.3. The Labute approximate surface area is 138 Å².